The van der Waals surface area contributed by atoms with E-state index in [0.717, 1.165) is 12.8 Å². The standard InChI is InChI=1S/C15H21ClN2O2/c1-15(2)7-5-13(6-8-15)17-10-11-3-4-12(16)9-14(11)18(19)20/h3-4,9,13,17H,5-8,10H2,1-2H3. The van der Waals surface area contributed by atoms with E-state index in [9.17, 15) is 10.1 Å². The average molecular weight is 297 g/mol. The Morgan fingerprint density at radius 1 is 1.40 bits per heavy atom. The van der Waals surface area contributed by atoms with Crippen LogP contribution in [-0.4, -0.2) is 11.0 Å². The van der Waals surface area contributed by atoms with Crippen molar-refractivity contribution in [3.05, 3.63) is 38.9 Å². The SMILES string of the molecule is CC1(C)CCC(NCc2ccc(Cl)cc2[N+](=O)[O-])CC1. The molecule has 1 N–H and O–H groups in total. The molecule has 0 heterocycles. The largest absolute Gasteiger partial charge is 0.310 e. The summed E-state index contributed by atoms with van der Waals surface area (Å²) >= 11 is 5.82. The minimum atomic E-state index is -0.368. The Bertz CT molecular complexity index is 493. The maximum atomic E-state index is 11.0. The van der Waals surface area contributed by atoms with Crippen LogP contribution in [-0.2, 0) is 6.54 Å². The van der Waals surface area contributed by atoms with E-state index in [2.05, 4.69) is 19.2 Å². The Kier molecular flexibility index (Phi) is 4.66. The van der Waals surface area contributed by atoms with Crippen LogP contribution >= 0.6 is 11.6 Å². The predicted molar refractivity (Wildman–Crippen MR) is 81.0 cm³/mol. The van der Waals surface area contributed by atoms with Crippen LogP contribution in [0.2, 0.25) is 5.02 Å². The number of hydrogen-bond acceptors (Lipinski definition) is 3. The van der Waals surface area contributed by atoms with Crippen LogP contribution in [0.15, 0.2) is 18.2 Å². The summed E-state index contributed by atoms with van der Waals surface area (Å²) in [7, 11) is 0. The highest BCUT2D eigenvalue weighted by Gasteiger charge is 2.26. The topological polar surface area (TPSA) is 55.2 Å². The summed E-state index contributed by atoms with van der Waals surface area (Å²) in [5.74, 6) is 0. The second-order valence-corrected chi connectivity index (χ2v) is 6.79. The molecule has 1 aromatic rings. The fraction of sp³-hybridized carbons (Fsp3) is 0.600. The molecule has 2 rings (SSSR count). The number of rotatable bonds is 4. The minimum Gasteiger partial charge on any atom is -0.310 e. The lowest BCUT2D eigenvalue weighted by molar-refractivity contribution is -0.385. The van der Waals surface area contributed by atoms with E-state index >= 15 is 0 Å². The van der Waals surface area contributed by atoms with E-state index in [1.807, 2.05) is 0 Å². The number of nitrogens with zero attached hydrogens (tertiary/aromatic N) is 1. The summed E-state index contributed by atoms with van der Waals surface area (Å²) in [6.07, 6.45) is 4.67. The van der Waals surface area contributed by atoms with Gasteiger partial charge in [-0.15, -0.1) is 0 Å². The number of nitro benzene ring substituents is 1. The van der Waals surface area contributed by atoms with Crippen molar-refractivity contribution >= 4 is 17.3 Å². The van der Waals surface area contributed by atoms with Crippen molar-refractivity contribution in [1.82, 2.24) is 5.32 Å². The Hall–Kier alpha value is -1.13. The van der Waals surface area contributed by atoms with Gasteiger partial charge in [-0.25, -0.2) is 0 Å². The highest BCUT2D eigenvalue weighted by Crippen LogP contribution is 2.35. The third-order valence-corrected chi connectivity index (χ3v) is 4.40. The van der Waals surface area contributed by atoms with Crippen LogP contribution in [0.25, 0.3) is 0 Å². The lowest BCUT2D eigenvalue weighted by Gasteiger charge is -2.34. The first kappa shape index (κ1) is 15.3. The normalized spacial score (nSPS) is 18.9. The monoisotopic (exact) mass is 296 g/mol. The van der Waals surface area contributed by atoms with Crippen molar-refractivity contribution in [3.63, 3.8) is 0 Å². The molecule has 1 fully saturated rings. The molecule has 110 valence electrons. The first-order chi connectivity index (χ1) is 9.37. The van der Waals surface area contributed by atoms with Crippen LogP contribution in [0.1, 0.15) is 45.1 Å². The quantitative estimate of drug-likeness (QED) is 0.665. The van der Waals surface area contributed by atoms with Crippen molar-refractivity contribution in [3.8, 4) is 0 Å². The molecule has 0 bridgehead atoms. The second-order valence-electron chi connectivity index (χ2n) is 6.35. The van der Waals surface area contributed by atoms with E-state index in [0.29, 0.717) is 28.6 Å². The zero-order valence-electron chi connectivity index (χ0n) is 12.0. The molecule has 1 saturated carbocycles. The zero-order chi connectivity index (χ0) is 14.8. The third kappa shape index (κ3) is 3.93. The molecule has 1 aliphatic rings. The van der Waals surface area contributed by atoms with Crippen molar-refractivity contribution < 1.29 is 4.92 Å². The van der Waals surface area contributed by atoms with Gasteiger partial charge in [-0.1, -0.05) is 25.4 Å². The van der Waals surface area contributed by atoms with Gasteiger partial charge in [0, 0.05) is 29.2 Å². The lowest BCUT2D eigenvalue weighted by atomic mass is 9.75. The van der Waals surface area contributed by atoms with Crippen molar-refractivity contribution in [2.75, 3.05) is 0 Å². The average Bonchev–Trinajstić information content (AvgIpc) is 2.38. The van der Waals surface area contributed by atoms with Gasteiger partial charge in [0.2, 0.25) is 0 Å². The second kappa shape index (κ2) is 6.10. The maximum Gasteiger partial charge on any atom is 0.275 e. The minimum absolute atomic E-state index is 0.0983. The van der Waals surface area contributed by atoms with Crippen molar-refractivity contribution in [1.29, 1.82) is 0 Å². The van der Waals surface area contributed by atoms with Crippen molar-refractivity contribution in [2.24, 2.45) is 5.41 Å². The van der Waals surface area contributed by atoms with E-state index in [1.165, 1.54) is 18.9 Å². The van der Waals surface area contributed by atoms with E-state index in [-0.39, 0.29) is 10.6 Å². The highest BCUT2D eigenvalue weighted by molar-refractivity contribution is 6.30. The van der Waals surface area contributed by atoms with Gasteiger partial charge in [-0.2, -0.15) is 0 Å². The Morgan fingerprint density at radius 2 is 2.05 bits per heavy atom. The summed E-state index contributed by atoms with van der Waals surface area (Å²) < 4.78 is 0. The summed E-state index contributed by atoms with van der Waals surface area (Å²) in [6.45, 7) is 5.12. The van der Waals surface area contributed by atoms with Crippen LogP contribution in [0.3, 0.4) is 0 Å². The molecule has 0 spiro atoms. The van der Waals surface area contributed by atoms with Crippen molar-refractivity contribution in [2.45, 2.75) is 52.1 Å². The van der Waals surface area contributed by atoms with E-state index < -0.39 is 0 Å². The molecule has 0 radical (unpaired) electrons. The molecule has 0 saturated heterocycles. The van der Waals surface area contributed by atoms with Crippen LogP contribution < -0.4 is 5.32 Å². The van der Waals surface area contributed by atoms with Gasteiger partial charge in [0.1, 0.15) is 0 Å². The third-order valence-electron chi connectivity index (χ3n) is 4.16. The molecule has 5 heteroatoms. The number of benzene rings is 1. The molecule has 0 amide bonds. The van der Waals surface area contributed by atoms with Crippen LogP contribution in [0.4, 0.5) is 5.69 Å². The Labute approximate surface area is 124 Å². The van der Waals surface area contributed by atoms with Gasteiger partial charge < -0.3 is 5.32 Å². The first-order valence-corrected chi connectivity index (χ1v) is 7.41. The maximum absolute atomic E-state index is 11.0. The molecule has 1 aromatic carbocycles. The van der Waals surface area contributed by atoms with Crippen LogP contribution in [0.5, 0.6) is 0 Å². The summed E-state index contributed by atoms with van der Waals surface area (Å²) in [5.41, 5.74) is 1.23. The molecule has 0 unspecified atom stereocenters. The lowest BCUT2D eigenvalue weighted by Crippen LogP contribution is -2.35. The van der Waals surface area contributed by atoms with Gasteiger partial charge in [0.05, 0.1) is 4.92 Å². The molecule has 4 nitrogen and oxygen atoms in total. The molecule has 0 aromatic heterocycles. The summed E-state index contributed by atoms with van der Waals surface area (Å²) in [4.78, 5) is 10.7. The number of halogens is 1. The Balaban J connectivity index is 1.96. The van der Waals surface area contributed by atoms with Gasteiger partial charge >= 0.3 is 0 Å². The molecule has 1 aliphatic carbocycles. The summed E-state index contributed by atoms with van der Waals surface area (Å²) in [5, 5.41) is 14.9. The summed E-state index contributed by atoms with van der Waals surface area (Å²) in [6, 6.07) is 5.32. The Morgan fingerprint density at radius 3 is 2.65 bits per heavy atom. The number of nitrogens with one attached hydrogen (secondary N) is 1. The fourth-order valence-corrected chi connectivity index (χ4v) is 2.88. The molecule has 20 heavy (non-hydrogen) atoms. The van der Waals surface area contributed by atoms with Gasteiger partial charge in [0.15, 0.2) is 0 Å². The first-order valence-electron chi connectivity index (χ1n) is 7.04. The molecular formula is C15H21ClN2O2. The van der Waals surface area contributed by atoms with Crippen LogP contribution in [0, 0.1) is 15.5 Å². The van der Waals surface area contributed by atoms with E-state index in [4.69, 9.17) is 11.6 Å². The molecular weight excluding hydrogens is 276 g/mol. The number of nitro groups is 1. The number of hydrogen-bond donors (Lipinski definition) is 1. The van der Waals surface area contributed by atoms with Gasteiger partial charge in [0.25, 0.3) is 5.69 Å². The molecule has 0 atom stereocenters. The van der Waals surface area contributed by atoms with E-state index in [1.54, 1.807) is 12.1 Å². The zero-order valence-corrected chi connectivity index (χ0v) is 12.7. The van der Waals surface area contributed by atoms with Gasteiger partial charge in [-0.3, -0.25) is 10.1 Å². The van der Waals surface area contributed by atoms with Gasteiger partial charge in [-0.05, 0) is 43.2 Å². The smallest absolute Gasteiger partial charge is 0.275 e. The highest BCUT2D eigenvalue weighted by atomic mass is 35.5. The fourth-order valence-electron chi connectivity index (χ4n) is 2.71. The molecule has 0 aliphatic heterocycles. The predicted octanol–water partition coefficient (Wildman–Crippen LogP) is 4.31.